The molecule has 3 heteroatoms. The zero-order valence-corrected chi connectivity index (χ0v) is 11.7. The molecule has 0 aromatic rings. The van der Waals surface area contributed by atoms with Crippen molar-refractivity contribution in [2.75, 3.05) is 13.2 Å². The van der Waals surface area contributed by atoms with Crippen molar-refractivity contribution in [2.24, 2.45) is 11.3 Å². The number of hydrogen-bond donors (Lipinski definition) is 0. The van der Waals surface area contributed by atoms with Gasteiger partial charge in [0.05, 0.1) is 18.2 Å². The van der Waals surface area contributed by atoms with Crippen molar-refractivity contribution in [3.63, 3.8) is 0 Å². The lowest BCUT2D eigenvalue weighted by Gasteiger charge is -2.51. The monoisotopic (exact) mass is 239 g/mol. The van der Waals surface area contributed by atoms with Gasteiger partial charge in [-0.3, -0.25) is 4.79 Å². The van der Waals surface area contributed by atoms with Crippen molar-refractivity contribution in [3.05, 3.63) is 0 Å². The smallest absolute Gasteiger partial charge is 0.228 e. The summed E-state index contributed by atoms with van der Waals surface area (Å²) >= 11 is 0. The lowest BCUT2D eigenvalue weighted by atomic mass is 9.87. The van der Waals surface area contributed by atoms with E-state index in [1.165, 1.54) is 12.8 Å². The third kappa shape index (κ3) is 2.65. The summed E-state index contributed by atoms with van der Waals surface area (Å²) in [6, 6.07) is 0.259. The van der Waals surface area contributed by atoms with E-state index in [9.17, 15) is 4.79 Å². The van der Waals surface area contributed by atoms with E-state index in [4.69, 9.17) is 4.74 Å². The molecule has 0 bridgehead atoms. The lowest BCUT2D eigenvalue weighted by molar-refractivity contribution is -0.202. The van der Waals surface area contributed by atoms with Crippen LogP contribution in [0.25, 0.3) is 0 Å². The lowest BCUT2D eigenvalue weighted by Crippen LogP contribution is -2.65. The van der Waals surface area contributed by atoms with E-state index in [2.05, 4.69) is 18.7 Å². The third-order valence-electron chi connectivity index (χ3n) is 3.85. The number of ether oxygens (including phenoxy) is 1. The second-order valence-corrected chi connectivity index (χ2v) is 7.08. The van der Waals surface area contributed by atoms with Gasteiger partial charge in [-0.15, -0.1) is 0 Å². The summed E-state index contributed by atoms with van der Waals surface area (Å²) < 4.78 is 5.58. The SMILES string of the molecule is CC(C)(C)C(=O)N(CC1CC1)[C@@H]1COC1(C)C. The molecule has 3 nitrogen and oxygen atoms in total. The first-order valence-electron chi connectivity index (χ1n) is 6.67. The van der Waals surface area contributed by atoms with Gasteiger partial charge in [-0.25, -0.2) is 0 Å². The number of carbonyl (C=O) groups excluding carboxylic acids is 1. The maximum Gasteiger partial charge on any atom is 0.228 e. The Morgan fingerprint density at radius 2 is 1.94 bits per heavy atom. The van der Waals surface area contributed by atoms with E-state index in [0.29, 0.717) is 6.61 Å². The van der Waals surface area contributed by atoms with Crippen LogP contribution in [0.2, 0.25) is 0 Å². The van der Waals surface area contributed by atoms with Gasteiger partial charge in [0.15, 0.2) is 0 Å². The molecule has 1 aliphatic heterocycles. The van der Waals surface area contributed by atoms with E-state index in [1.54, 1.807) is 0 Å². The summed E-state index contributed by atoms with van der Waals surface area (Å²) in [5.74, 6) is 1.00. The van der Waals surface area contributed by atoms with Crippen LogP contribution < -0.4 is 0 Å². The van der Waals surface area contributed by atoms with Gasteiger partial charge in [0.2, 0.25) is 5.91 Å². The van der Waals surface area contributed by atoms with E-state index >= 15 is 0 Å². The maximum atomic E-state index is 12.5. The molecule has 98 valence electrons. The highest BCUT2D eigenvalue weighted by Crippen LogP contribution is 2.37. The van der Waals surface area contributed by atoms with Crippen molar-refractivity contribution in [1.29, 1.82) is 0 Å². The number of rotatable bonds is 3. The molecule has 1 amide bonds. The minimum absolute atomic E-state index is 0.171. The van der Waals surface area contributed by atoms with Crippen molar-refractivity contribution in [2.45, 2.75) is 59.1 Å². The maximum absolute atomic E-state index is 12.5. The average Bonchev–Trinajstić information content (AvgIpc) is 2.96. The summed E-state index contributed by atoms with van der Waals surface area (Å²) in [7, 11) is 0. The highest BCUT2D eigenvalue weighted by molar-refractivity contribution is 5.82. The zero-order chi connectivity index (χ0) is 12.8. The molecule has 1 saturated carbocycles. The molecule has 2 fully saturated rings. The van der Waals surface area contributed by atoms with Crippen molar-refractivity contribution >= 4 is 5.91 Å². The second kappa shape index (κ2) is 3.98. The number of nitrogens with zero attached hydrogens (tertiary/aromatic N) is 1. The van der Waals surface area contributed by atoms with Crippen LogP contribution in [0.3, 0.4) is 0 Å². The molecule has 2 rings (SSSR count). The van der Waals surface area contributed by atoms with E-state index in [0.717, 1.165) is 12.5 Å². The van der Waals surface area contributed by atoms with Crippen molar-refractivity contribution in [3.8, 4) is 0 Å². The molecule has 0 spiro atoms. The fourth-order valence-corrected chi connectivity index (χ4v) is 2.32. The van der Waals surface area contributed by atoms with Gasteiger partial charge < -0.3 is 9.64 Å². The Kier molecular flexibility index (Phi) is 3.01. The number of hydrogen-bond acceptors (Lipinski definition) is 2. The minimum atomic E-state index is -0.291. The molecule has 1 aliphatic carbocycles. The summed E-state index contributed by atoms with van der Waals surface area (Å²) in [6.45, 7) is 11.8. The van der Waals surface area contributed by atoms with Crippen molar-refractivity contribution in [1.82, 2.24) is 4.90 Å². The Morgan fingerprint density at radius 1 is 1.35 bits per heavy atom. The normalized spacial score (nSPS) is 27.5. The standard InChI is InChI=1S/C14H25NO2/c1-13(2,3)12(16)15(8-10-6-7-10)11-9-17-14(11,4)5/h10-11H,6-9H2,1-5H3/t11-/m1/s1. The van der Waals surface area contributed by atoms with Crippen LogP contribution in [-0.2, 0) is 9.53 Å². The molecule has 0 unspecified atom stereocenters. The Morgan fingerprint density at radius 3 is 2.24 bits per heavy atom. The molecule has 17 heavy (non-hydrogen) atoms. The molecule has 0 aromatic carbocycles. The molecule has 0 aromatic heterocycles. The molecule has 2 aliphatic rings. The molecule has 0 radical (unpaired) electrons. The molecule has 1 atom stereocenters. The van der Waals surface area contributed by atoms with E-state index < -0.39 is 0 Å². The van der Waals surface area contributed by atoms with Crippen LogP contribution >= 0.6 is 0 Å². The van der Waals surface area contributed by atoms with Crippen LogP contribution in [0.4, 0.5) is 0 Å². The first-order valence-corrected chi connectivity index (χ1v) is 6.67. The summed E-state index contributed by atoms with van der Waals surface area (Å²) in [4.78, 5) is 14.6. The average molecular weight is 239 g/mol. The number of amides is 1. The van der Waals surface area contributed by atoms with Crippen LogP contribution in [0, 0.1) is 11.3 Å². The van der Waals surface area contributed by atoms with Gasteiger partial charge >= 0.3 is 0 Å². The van der Waals surface area contributed by atoms with E-state index in [1.807, 2.05) is 20.8 Å². The third-order valence-corrected chi connectivity index (χ3v) is 3.85. The molecular formula is C14H25NO2. The first-order chi connectivity index (χ1) is 7.72. The fourth-order valence-electron chi connectivity index (χ4n) is 2.32. The minimum Gasteiger partial charge on any atom is -0.371 e. The molecule has 1 heterocycles. The quantitative estimate of drug-likeness (QED) is 0.757. The van der Waals surface area contributed by atoms with Gasteiger partial charge in [-0.2, -0.15) is 0 Å². The summed E-state index contributed by atoms with van der Waals surface area (Å²) in [5.41, 5.74) is -0.462. The summed E-state index contributed by atoms with van der Waals surface area (Å²) in [5, 5.41) is 0. The Hall–Kier alpha value is -0.570. The van der Waals surface area contributed by atoms with Crippen LogP contribution in [0.5, 0.6) is 0 Å². The zero-order valence-electron chi connectivity index (χ0n) is 11.7. The van der Waals surface area contributed by atoms with E-state index in [-0.39, 0.29) is 23.0 Å². The largest absolute Gasteiger partial charge is 0.371 e. The van der Waals surface area contributed by atoms with Gasteiger partial charge in [0.1, 0.15) is 0 Å². The molecule has 0 N–H and O–H groups in total. The van der Waals surface area contributed by atoms with Crippen LogP contribution in [-0.4, -0.2) is 35.6 Å². The Bertz CT molecular complexity index is 313. The fraction of sp³-hybridized carbons (Fsp3) is 0.929. The summed E-state index contributed by atoms with van der Waals surface area (Å²) in [6.07, 6.45) is 2.56. The van der Waals surface area contributed by atoms with Gasteiger partial charge in [0, 0.05) is 12.0 Å². The number of carbonyl (C=O) groups is 1. The molecular weight excluding hydrogens is 214 g/mol. The Balaban J connectivity index is 2.10. The predicted molar refractivity (Wildman–Crippen MR) is 67.7 cm³/mol. The highest BCUT2D eigenvalue weighted by atomic mass is 16.5. The Labute approximate surface area is 105 Å². The highest BCUT2D eigenvalue weighted by Gasteiger charge is 2.48. The van der Waals surface area contributed by atoms with Crippen LogP contribution in [0.1, 0.15) is 47.5 Å². The van der Waals surface area contributed by atoms with Crippen LogP contribution in [0.15, 0.2) is 0 Å². The topological polar surface area (TPSA) is 29.5 Å². The van der Waals surface area contributed by atoms with Gasteiger partial charge in [0.25, 0.3) is 0 Å². The van der Waals surface area contributed by atoms with Gasteiger partial charge in [-0.1, -0.05) is 20.8 Å². The second-order valence-electron chi connectivity index (χ2n) is 7.08. The molecule has 1 saturated heterocycles. The van der Waals surface area contributed by atoms with Gasteiger partial charge in [-0.05, 0) is 32.6 Å². The first kappa shape index (κ1) is 12.9. The predicted octanol–water partition coefficient (Wildman–Crippen LogP) is 2.45. The van der Waals surface area contributed by atoms with Crippen molar-refractivity contribution < 1.29 is 9.53 Å².